The van der Waals surface area contributed by atoms with E-state index in [1.165, 1.54) is 6.20 Å². The van der Waals surface area contributed by atoms with Crippen molar-refractivity contribution in [3.63, 3.8) is 0 Å². The van der Waals surface area contributed by atoms with E-state index in [1.54, 1.807) is 6.92 Å². The number of carboxylic acid groups (broad SMARTS) is 1. The zero-order chi connectivity index (χ0) is 17.1. The number of aliphatic carboxylic acids is 1. The van der Waals surface area contributed by atoms with Crippen LogP contribution in [0.3, 0.4) is 0 Å². The summed E-state index contributed by atoms with van der Waals surface area (Å²) >= 11 is 3.35. The van der Waals surface area contributed by atoms with E-state index in [-0.39, 0.29) is 24.3 Å². The number of aromatic nitrogens is 1. The number of halogens is 1. The molecule has 1 aliphatic carbocycles. The van der Waals surface area contributed by atoms with Crippen molar-refractivity contribution >= 4 is 33.4 Å². The average Bonchev–Trinajstić information content (AvgIpc) is 2.44. The lowest BCUT2D eigenvalue weighted by atomic mass is 9.85. The molecule has 0 aromatic carbocycles. The first kappa shape index (κ1) is 17.6. The maximum Gasteiger partial charge on any atom is 0.317 e. The number of hydrogen-bond acceptors (Lipinski definition) is 6. The summed E-state index contributed by atoms with van der Waals surface area (Å²) in [5.74, 6) is -0.239. The second-order valence-corrected chi connectivity index (χ2v) is 6.40. The molecular weight excluding hydrogens is 368 g/mol. The van der Waals surface area contributed by atoms with Crippen molar-refractivity contribution in [1.82, 2.24) is 9.88 Å². The molecule has 1 heterocycles. The lowest BCUT2D eigenvalue weighted by Gasteiger charge is -2.42. The Labute approximate surface area is 142 Å². The Bertz CT molecular complexity index is 619. The molecular formula is C14H19BrN4O4. The highest BCUT2D eigenvalue weighted by molar-refractivity contribution is 9.10. The Morgan fingerprint density at radius 3 is 2.78 bits per heavy atom. The van der Waals surface area contributed by atoms with Gasteiger partial charge < -0.3 is 10.4 Å². The zero-order valence-corrected chi connectivity index (χ0v) is 14.5. The summed E-state index contributed by atoms with van der Waals surface area (Å²) in [6.07, 6.45) is 2.90. The third kappa shape index (κ3) is 3.97. The number of hydrogen-bond donors (Lipinski definition) is 2. The molecule has 1 saturated carbocycles. The van der Waals surface area contributed by atoms with Gasteiger partial charge in [-0.2, -0.15) is 0 Å². The molecule has 0 bridgehead atoms. The molecule has 8 nitrogen and oxygen atoms in total. The maximum absolute atomic E-state index is 10.9. The predicted octanol–water partition coefficient (Wildman–Crippen LogP) is 2.41. The number of carboxylic acids is 1. The molecule has 9 heteroatoms. The average molecular weight is 387 g/mol. The Balaban J connectivity index is 1.97. The molecule has 1 fully saturated rings. The molecule has 126 valence electrons. The lowest BCUT2D eigenvalue weighted by Crippen LogP contribution is -2.51. The first-order chi connectivity index (χ1) is 10.8. The van der Waals surface area contributed by atoms with E-state index in [9.17, 15) is 14.9 Å². The van der Waals surface area contributed by atoms with E-state index in [4.69, 9.17) is 5.11 Å². The predicted molar refractivity (Wildman–Crippen MR) is 88.6 cm³/mol. The van der Waals surface area contributed by atoms with Gasteiger partial charge in [-0.05, 0) is 42.2 Å². The van der Waals surface area contributed by atoms with Crippen LogP contribution in [0.1, 0.15) is 25.3 Å². The molecule has 23 heavy (non-hydrogen) atoms. The van der Waals surface area contributed by atoms with Gasteiger partial charge in [0.25, 0.3) is 5.69 Å². The van der Waals surface area contributed by atoms with Crippen LogP contribution in [0.5, 0.6) is 0 Å². The van der Waals surface area contributed by atoms with Gasteiger partial charge in [0.1, 0.15) is 12.0 Å². The monoisotopic (exact) mass is 386 g/mol. The van der Waals surface area contributed by atoms with Crippen LogP contribution < -0.4 is 5.32 Å². The normalized spacial score (nSPS) is 20.2. The third-order valence-corrected chi connectivity index (χ3v) is 5.12. The van der Waals surface area contributed by atoms with Crippen molar-refractivity contribution in [1.29, 1.82) is 0 Å². The fourth-order valence-corrected chi connectivity index (χ4v) is 3.14. The Hall–Kier alpha value is -1.74. The van der Waals surface area contributed by atoms with Gasteiger partial charge in [-0.25, -0.2) is 4.98 Å². The molecule has 0 radical (unpaired) electrons. The molecule has 0 unspecified atom stereocenters. The summed E-state index contributed by atoms with van der Waals surface area (Å²) < 4.78 is 0.591. The molecule has 0 amide bonds. The quantitative estimate of drug-likeness (QED) is 0.546. The van der Waals surface area contributed by atoms with Gasteiger partial charge in [0, 0.05) is 17.6 Å². The van der Waals surface area contributed by atoms with Crippen LogP contribution >= 0.6 is 15.9 Å². The number of carbonyl (C=O) groups is 1. The molecule has 0 aliphatic heterocycles. The van der Waals surface area contributed by atoms with Crippen molar-refractivity contribution in [2.24, 2.45) is 0 Å². The topological polar surface area (TPSA) is 109 Å². The van der Waals surface area contributed by atoms with E-state index in [0.29, 0.717) is 22.4 Å². The van der Waals surface area contributed by atoms with E-state index < -0.39 is 10.9 Å². The minimum Gasteiger partial charge on any atom is -0.480 e. The smallest absolute Gasteiger partial charge is 0.317 e. The summed E-state index contributed by atoms with van der Waals surface area (Å²) in [6.45, 7) is 4.36. The van der Waals surface area contributed by atoms with Crippen molar-refractivity contribution in [2.75, 3.05) is 18.4 Å². The Morgan fingerprint density at radius 2 is 2.26 bits per heavy atom. The Kier molecular flexibility index (Phi) is 5.53. The van der Waals surface area contributed by atoms with E-state index in [0.717, 1.165) is 12.8 Å². The van der Waals surface area contributed by atoms with Crippen molar-refractivity contribution in [2.45, 2.75) is 38.8 Å². The van der Waals surface area contributed by atoms with Crippen LogP contribution in [0.25, 0.3) is 0 Å². The van der Waals surface area contributed by atoms with Gasteiger partial charge in [0.05, 0.1) is 15.9 Å². The first-order valence-corrected chi connectivity index (χ1v) is 8.14. The number of rotatable bonds is 7. The number of nitrogens with zero attached hydrogens (tertiary/aromatic N) is 3. The van der Waals surface area contributed by atoms with E-state index in [2.05, 4.69) is 26.2 Å². The van der Waals surface area contributed by atoms with Gasteiger partial charge in [-0.1, -0.05) is 6.92 Å². The number of nitrogens with one attached hydrogen (secondary N) is 1. The summed E-state index contributed by atoms with van der Waals surface area (Å²) in [7, 11) is 0. The highest BCUT2D eigenvalue weighted by atomic mass is 79.9. The standard InChI is InChI=1S/C14H19BrN4O4/c1-3-18(7-12(20)21)10-4-9(5-10)17-14-13(15)8(2)11(6-16-14)19(22)23/h6,9-10H,3-5,7H2,1-2H3,(H,16,17)(H,20,21). The maximum atomic E-state index is 10.9. The number of anilines is 1. The highest BCUT2D eigenvalue weighted by Crippen LogP contribution is 2.34. The van der Waals surface area contributed by atoms with Crippen LogP contribution in [0.2, 0.25) is 0 Å². The van der Waals surface area contributed by atoms with Crippen molar-refractivity contribution < 1.29 is 14.8 Å². The van der Waals surface area contributed by atoms with Gasteiger partial charge in [-0.15, -0.1) is 0 Å². The minimum absolute atomic E-state index is 0.0208. The van der Waals surface area contributed by atoms with Crippen LogP contribution in [0.15, 0.2) is 10.7 Å². The van der Waals surface area contributed by atoms with Gasteiger partial charge in [-0.3, -0.25) is 19.8 Å². The molecule has 1 aliphatic rings. The second kappa shape index (κ2) is 7.22. The van der Waals surface area contributed by atoms with Crippen LogP contribution in [0.4, 0.5) is 11.5 Å². The number of likely N-dealkylation sites (N-methyl/N-ethyl adjacent to an activating group) is 1. The summed E-state index contributed by atoms with van der Waals surface area (Å²) in [5.41, 5.74) is 0.511. The number of pyridine rings is 1. The minimum atomic E-state index is -0.821. The second-order valence-electron chi connectivity index (χ2n) is 5.61. The van der Waals surface area contributed by atoms with Crippen molar-refractivity contribution in [3.05, 3.63) is 26.3 Å². The van der Waals surface area contributed by atoms with Crippen LogP contribution in [-0.2, 0) is 4.79 Å². The molecule has 0 saturated heterocycles. The summed E-state index contributed by atoms with van der Waals surface area (Å²) in [5, 5.41) is 23.0. The first-order valence-electron chi connectivity index (χ1n) is 7.35. The summed E-state index contributed by atoms with van der Waals surface area (Å²) in [6, 6.07) is 0.430. The number of nitro groups is 1. The fourth-order valence-electron chi connectivity index (χ4n) is 2.72. The molecule has 0 spiro atoms. The van der Waals surface area contributed by atoms with Crippen molar-refractivity contribution in [3.8, 4) is 0 Å². The Morgan fingerprint density at radius 1 is 1.61 bits per heavy atom. The molecule has 0 atom stereocenters. The van der Waals surface area contributed by atoms with Crippen LogP contribution in [0, 0.1) is 17.0 Å². The van der Waals surface area contributed by atoms with E-state index in [1.807, 2.05) is 11.8 Å². The SMILES string of the molecule is CCN(CC(=O)O)C1CC(Nc2ncc([N+](=O)[O-])c(C)c2Br)C1. The summed E-state index contributed by atoms with van der Waals surface area (Å²) in [4.78, 5) is 27.3. The lowest BCUT2D eigenvalue weighted by molar-refractivity contribution is -0.385. The highest BCUT2D eigenvalue weighted by Gasteiger charge is 2.34. The molecule has 2 rings (SSSR count). The largest absolute Gasteiger partial charge is 0.480 e. The molecule has 2 N–H and O–H groups in total. The van der Waals surface area contributed by atoms with Crippen LogP contribution in [-0.4, -0.2) is 51.1 Å². The fraction of sp³-hybridized carbons (Fsp3) is 0.571. The zero-order valence-electron chi connectivity index (χ0n) is 13.0. The molecule has 1 aromatic heterocycles. The van der Waals surface area contributed by atoms with Gasteiger partial charge >= 0.3 is 5.97 Å². The third-order valence-electron chi connectivity index (χ3n) is 4.15. The van der Waals surface area contributed by atoms with Gasteiger partial charge in [0.2, 0.25) is 0 Å². The van der Waals surface area contributed by atoms with Gasteiger partial charge in [0.15, 0.2) is 0 Å². The van der Waals surface area contributed by atoms with E-state index >= 15 is 0 Å². The molecule has 1 aromatic rings.